The van der Waals surface area contributed by atoms with E-state index in [9.17, 15) is 39.6 Å². The molecule has 0 unspecified atom stereocenters. The molecule has 0 amide bonds. The molecule has 0 aliphatic heterocycles. The minimum Gasteiger partial charge on any atom is -0.507 e. The molecule has 418 valence electrons. The van der Waals surface area contributed by atoms with Gasteiger partial charge < -0.3 is 39.4 Å². The molecule has 4 rings (SSSR count). The van der Waals surface area contributed by atoms with E-state index < -0.39 is 55.7 Å². The van der Waals surface area contributed by atoms with Crippen molar-refractivity contribution in [2.45, 2.75) is 203 Å². The summed E-state index contributed by atoms with van der Waals surface area (Å²) in [6, 6.07) is 15.0. The molecule has 12 heteroatoms. The van der Waals surface area contributed by atoms with Gasteiger partial charge in [-0.3, -0.25) is 19.2 Å². The number of esters is 4. The number of benzene rings is 4. The SMILES string of the molecule is Cc1cc(CCC(=O)OCC(COC(=O)CCc2cc(C)c(O)c(C(C)(C)C)c2)(COC(=O)CCc2cc(C)c(O)c(C(C)(C)C)c2)COC(=O)CCc2cc(C(C)(C)C)c(O)c(C(C)(C)C)c2)cc(C(C)(C)C)c1O. The number of aryl methyl sites for hydroxylation is 7. The molecule has 0 saturated carbocycles. The van der Waals surface area contributed by atoms with Crippen molar-refractivity contribution in [1.82, 2.24) is 0 Å². The van der Waals surface area contributed by atoms with E-state index in [1.807, 2.05) is 173 Å². The number of hydrogen-bond donors (Lipinski definition) is 4. The molecule has 0 atom stereocenters. The third kappa shape index (κ3) is 17.5. The summed E-state index contributed by atoms with van der Waals surface area (Å²) in [6.07, 6.45) is 0.967. The molecule has 0 saturated heterocycles. The molecule has 0 bridgehead atoms. The summed E-state index contributed by atoms with van der Waals surface area (Å²) in [6.45, 7) is 33.8. The fourth-order valence-electron chi connectivity index (χ4n) is 9.15. The number of aromatic hydroxyl groups is 4. The van der Waals surface area contributed by atoms with Gasteiger partial charge in [0.1, 0.15) is 54.8 Å². The van der Waals surface area contributed by atoms with Crippen LogP contribution in [-0.4, -0.2) is 70.7 Å². The number of phenolic OH excluding ortho intramolecular Hbond substituents is 4. The van der Waals surface area contributed by atoms with Crippen molar-refractivity contribution in [2.24, 2.45) is 5.41 Å². The van der Waals surface area contributed by atoms with E-state index in [1.165, 1.54) is 0 Å². The molecule has 4 N–H and O–H groups in total. The molecule has 0 fully saturated rings. The van der Waals surface area contributed by atoms with E-state index in [1.54, 1.807) is 0 Å². The fourth-order valence-corrected chi connectivity index (χ4v) is 9.15. The summed E-state index contributed by atoms with van der Waals surface area (Å²) in [5, 5.41) is 43.8. The molecule has 4 aromatic carbocycles. The quantitative estimate of drug-likeness (QED) is 0.0485. The Labute approximate surface area is 453 Å². The molecular weight excluding hydrogens is 961 g/mol. The van der Waals surface area contributed by atoms with Gasteiger partial charge in [0.25, 0.3) is 0 Å². The predicted molar refractivity (Wildman–Crippen MR) is 300 cm³/mol. The zero-order valence-corrected chi connectivity index (χ0v) is 49.2. The van der Waals surface area contributed by atoms with Crippen LogP contribution in [0.2, 0.25) is 0 Å². The lowest BCUT2D eigenvalue weighted by Crippen LogP contribution is -2.44. The van der Waals surface area contributed by atoms with Gasteiger partial charge in [-0.05, 0) is 140 Å². The summed E-state index contributed by atoms with van der Waals surface area (Å²) < 4.78 is 23.9. The molecule has 4 aromatic rings. The first-order valence-electron chi connectivity index (χ1n) is 26.8. The van der Waals surface area contributed by atoms with Gasteiger partial charge in [0.15, 0.2) is 0 Å². The number of ether oxygens (including phenoxy) is 4. The van der Waals surface area contributed by atoms with Crippen LogP contribution in [0.4, 0.5) is 0 Å². The molecular formula is C64H90O12. The number of carbonyl (C=O) groups is 4. The smallest absolute Gasteiger partial charge is 0.306 e. The lowest BCUT2D eigenvalue weighted by Gasteiger charge is -2.32. The van der Waals surface area contributed by atoms with Crippen LogP contribution in [0.1, 0.15) is 196 Å². The van der Waals surface area contributed by atoms with Gasteiger partial charge in [-0.25, -0.2) is 0 Å². The highest BCUT2D eigenvalue weighted by atomic mass is 16.6. The minimum absolute atomic E-state index is 0.0474. The Hall–Kier alpha value is -6.04. The van der Waals surface area contributed by atoms with Gasteiger partial charge in [-0.1, -0.05) is 152 Å². The number of hydrogen-bond acceptors (Lipinski definition) is 12. The highest BCUT2D eigenvalue weighted by Gasteiger charge is 2.38. The Balaban J connectivity index is 1.67. The van der Waals surface area contributed by atoms with Gasteiger partial charge in [0.05, 0.1) is 0 Å². The zero-order valence-electron chi connectivity index (χ0n) is 49.2. The summed E-state index contributed by atoms with van der Waals surface area (Å²) in [5.41, 5.74) is 5.73. The van der Waals surface area contributed by atoms with Crippen molar-refractivity contribution in [3.63, 3.8) is 0 Å². The van der Waals surface area contributed by atoms with Crippen LogP contribution in [-0.2, 0) is 90.9 Å². The van der Waals surface area contributed by atoms with E-state index in [-0.39, 0.29) is 82.2 Å². The predicted octanol–water partition coefficient (Wildman–Crippen LogP) is 12.9. The first-order valence-corrected chi connectivity index (χ1v) is 26.8. The fraction of sp³-hybridized carbons (Fsp3) is 0.562. The monoisotopic (exact) mass is 1050 g/mol. The van der Waals surface area contributed by atoms with Gasteiger partial charge in [-0.15, -0.1) is 0 Å². The van der Waals surface area contributed by atoms with Crippen molar-refractivity contribution in [2.75, 3.05) is 26.4 Å². The van der Waals surface area contributed by atoms with E-state index in [0.29, 0.717) is 36.0 Å². The lowest BCUT2D eigenvalue weighted by atomic mass is 9.78. The Morgan fingerprint density at radius 3 is 0.711 bits per heavy atom. The lowest BCUT2D eigenvalue weighted by molar-refractivity contribution is -0.170. The summed E-state index contributed by atoms with van der Waals surface area (Å²) >= 11 is 0. The highest BCUT2D eigenvalue weighted by Crippen LogP contribution is 2.41. The number of phenols is 4. The maximum Gasteiger partial charge on any atom is 0.306 e. The highest BCUT2D eigenvalue weighted by molar-refractivity contribution is 5.72. The minimum atomic E-state index is -1.55. The van der Waals surface area contributed by atoms with Crippen molar-refractivity contribution in [3.8, 4) is 23.0 Å². The first-order chi connectivity index (χ1) is 34.8. The zero-order chi connectivity index (χ0) is 57.5. The molecule has 0 spiro atoms. The van der Waals surface area contributed by atoms with Gasteiger partial charge >= 0.3 is 23.9 Å². The Kier molecular flexibility index (Phi) is 20.2. The van der Waals surface area contributed by atoms with Crippen molar-refractivity contribution in [3.05, 3.63) is 115 Å². The average molecular weight is 1050 g/mol. The maximum atomic E-state index is 13.9. The third-order valence-corrected chi connectivity index (χ3v) is 13.9. The van der Waals surface area contributed by atoms with Crippen molar-refractivity contribution in [1.29, 1.82) is 0 Å². The summed E-state index contributed by atoms with van der Waals surface area (Å²) in [7, 11) is 0. The first kappa shape index (κ1) is 62.5. The standard InChI is InChI=1S/C64H90O12/c1-39-27-42(30-46(55(39)69)59(4,5)6)19-23-51(65)73-35-64(36-74-52(66)24-20-43-28-40(2)56(70)47(31-43)60(7,8)9,37-75-53(67)25-21-44-29-41(3)57(71)48(32-44)61(10,11)12)38-76-54(68)26-22-45-33-49(62(13,14)15)58(72)50(34-45)63(16,17)18/h27-34,69-72H,19-26,35-38H2,1-18H3. The van der Waals surface area contributed by atoms with Gasteiger partial charge in [0, 0.05) is 25.7 Å². The normalized spacial score (nSPS) is 12.6. The van der Waals surface area contributed by atoms with Crippen LogP contribution < -0.4 is 0 Å². The second kappa shape index (κ2) is 24.5. The van der Waals surface area contributed by atoms with Gasteiger partial charge in [-0.2, -0.15) is 0 Å². The Bertz CT molecular complexity index is 2480. The van der Waals surface area contributed by atoms with Gasteiger partial charge in [0.2, 0.25) is 0 Å². The molecule has 0 radical (unpaired) electrons. The summed E-state index contributed by atoms with van der Waals surface area (Å²) in [5.74, 6) is -1.54. The van der Waals surface area contributed by atoms with Crippen LogP contribution in [0.5, 0.6) is 23.0 Å². The van der Waals surface area contributed by atoms with E-state index in [0.717, 1.165) is 50.1 Å². The van der Waals surface area contributed by atoms with Crippen molar-refractivity contribution < 1.29 is 58.6 Å². The van der Waals surface area contributed by atoms with E-state index in [4.69, 9.17) is 18.9 Å². The van der Waals surface area contributed by atoms with Crippen LogP contribution in [0.3, 0.4) is 0 Å². The maximum absolute atomic E-state index is 13.9. The molecule has 0 aliphatic rings. The Morgan fingerprint density at radius 2 is 0.513 bits per heavy atom. The van der Waals surface area contributed by atoms with Crippen LogP contribution in [0, 0.1) is 26.2 Å². The van der Waals surface area contributed by atoms with E-state index in [2.05, 4.69) is 0 Å². The molecule has 76 heavy (non-hydrogen) atoms. The second-order valence-electron chi connectivity index (χ2n) is 26.4. The third-order valence-electron chi connectivity index (χ3n) is 13.9. The Morgan fingerprint density at radius 1 is 0.329 bits per heavy atom. The largest absolute Gasteiger partial charge is 0.507 e. The van der Waals surface area contributed by atoms with Crippen LogP contribution in [0.25, 0.3) is 0 Å². The summed E-state index contributed by atoms with van der Waals surface area (Å²) in [4.78, 5) is 55.2. The van der Waals surface area contributed by atoms with Crippen LogP contribution in [0.15, 0.2) is 48.5 Å². The number of carbonyl (C=O) groups excluding carboxylic acids is 4. The van der Waals surface area contributed by atoms with E-state index >= 15 is 0 Å². The number of rotatable bonds is 20. The topological polar surface area (TPSA) is 186 Å². The average Bonchev–Trinajstić information content (AvgIpc) is 3.29. The molecule has 0 aromatic heterocycles. The molecule has 0 aliphatic carbocycles. The van der Waals surface area contributed by atoms with Crippen molar-refractivity contribution >= 4 is 23.9 Å². The molecule has 12 nitrogen and oxygen atoms in total. The molecule has 0 heterocycles. The second-order valence-corrected chi connectivity index (χ2v) is 26.4. The van der Waals surface area contributed by atoms with Crippen LogP contribution >= 0.6 is 0 Å².